The molecule has 0 aromatic carbocycles. The van der Waals surface area contributed by atoms with Gasteiger partial charge in [0, 0.05) is 19.6 Å². The summed E-state index contributed by atoms with van der Waals surface area (Å²) in [4.78, 5) is 13.4. The fraction of sp³-hybridized carbons (Fsp3) is 0.727. The molecule has 4 heteroatoms. The third-order valence-electron chi connectivity index (χ3n) is 2.56. The Balaban J connectivity index is 2.42. The number of rotatable bonds is 4. The molecule has 0 N–H and O–H groups in total. The number of hydrogen-bond acceptors (Lipinski definition) is 4. The number of carbonyl (C=O) groups is 1. The van der Waals surface area contributed by atoms with Crippen LogP contribution in [-0.2, 0) is 14.3 Å². The molecule has 1 atom stereocenters. The van der Waals surface area contributed by atoms with Gasteiger partial charge in [-0.2, -0.15) is 0 Å². The molecule has 0 aromatic heterocycles. The van der Waals surface area contributed by atoms with E-state index in [0.29, 0.717) is 13.2 Å². The summed E-state index contributed by atoms with van der Waals surface area (Å²) in [6, 6.07) is 0. The van der Waals surface area contributed by atoms with Gasteiger partial charge in [0.05, 0.1) is 13.7 Å². The molecule has 86 valence electrons. The topological polar surface area (TPSA) is 38.8 Å². The molecule has 15 heavy (non-hydrogen) atoms. The van der Waals surface area contributed by atoms with Crippen LogP contribution < -0.4 is 0 Å². The van der Waals surface area contributed by atoms with Crippen LogP contribution in [0.3, 0.4) is 0 Å². The maximum atomic E-state index is 11.3. The Morgan fingerprint density at radius 2 is 2.40 bits per heavy atom. The molecular weight excluding hydrogens is 194 g/mol. The van der Waals surface area contributed by atoms with Crippen molar-refractivity contribution in [3.05, 3.63) is 12.2 Å². The molecular formula is C11H19NO3. The molecule has 0 bridgehead atoms. The Bertz CT molecular complexity index is 240. The van der Waals surface area contributed by atoms with Crippen LogP contribution in [0, 0.1) is 0 Å². The average molecular weight is 213 g/mol. The molecule has 1 aliphatic heterocycles. The van der Waals surface area contributed by atoms with Crippen molar-refractivity contribution in [2.45, 2.75) is 19.4 Å². The molecule has 0 amide bonds. The van der Waals surface area contributed by atoms with Gasteiger partial charge in [0.1, 0.15) is 0 Å². The van der Waals surface area contributed by atoms with Crippen molar-refractivity contribution in [2.75, 3.05) is 33.4 Å². The minimum absolute atomic E-state index is 0.290. The molecule has 1 aliphatic rings. The fourth-order valence-electron chi connectivity index (χ4n) is 1.55. The Kier molecular flexibility index (Phi) is 4.78. The second-order valence-electron chi connectivity index (χ2n) is 3.72. The molecule has 0 spiro atoms. The van der Waals surface area contributed by atoms with Crippen LogP contribution in [0.25, 0.3) is 0 Å². The van der Waals surface area contributed by atoms with E-state index in [2.05, 4.69) is 23.1 Å². The zero-order valence-corrected chi connectivity index (χ0v) is 9.49. The highest BCUT2D eigenvalue weighted by Crippen LogP contribution is 2.09. The van der Waals surface area contributed by atoms with Crippen LogP contribution in [0.15, 0.2) is 12.2 Å². The first kappa shape index (κ1) is 12.2. The molecule has 0 aliphatic carbocycles. The van der Waals surface area contributed by atoms with Gasteiger partial charge in [-0.25, -0.2) is 4.79 Å². The highest BCUT2D eigenvalue weighted by atomic mass is 16.6. The standard InChI is InChI=1S/C11H19NO3/c1-4-9(2)7-12-5-6-15-10(8-12)11(13)14-3/h10H,2,4-8H2,1,3H3. The molecule has 0 saturated carbocycles. The first-order chi connectivity index (χ1) is 7.17. The highest BCUT2D eigenvalue weighted by molar-refractivity contribution is 5.74. The number of carbonyl (C=O) groups excluding carboxylic acids is 1. The molecule has 0 radical (unpaired) electrons. The maximum Gasteiger partial charge on any atom is 0.336 e. The average Bonchev–Trinajstić information content (AvgIpc) is 2.28. The SMILES string of the molecule is C=C(CC)CN1CCOC(C(=O)OC)C1. The molecule has 0 aromatic rings. The minimum atomic E-state index is -0.437. The van der Waals surface area contributed by atoms with E-state index < -0.39 is 6.10 Å². The highest BCUT2D eigenvalue weighted by Gasteiger charge is 2.27. The lowest BCUT2D eigenvalue weighted by molar-refractivity contribution is -0.159. The van der Waals surface area contributed by atoms with Crippen molar-refractivity contribution in [1.29, 1.82) is 0 Å². The normalized spacial score (nSPS) is 22.4. The first-order valence-electron chi connectivity index (χ1n) is 5.25. The number of hydrogen-bond donors (Lipinski definition) is 0. The predicted octanol–water partition coefficient (Wildman–Crippen LogP) is 0.826. The number of methoxy groups -OCH3 is 1. The second kappa shape index (κ2) is 5.88. The Labute approximate surface area is 90.8 Å². The van der Waals surface area contributed by atoms with Crippen molar-refractivity contribution < 1.29 is 14.3 Å². The summed E-state index contributed by atoms with van der Waals surface area (Å²) in [6.45, 7) is 8.92. The number of ether oxygens (including phenoxy) is 2. The lowest BCUT2D eigenvalue weighted by Crippen LogP contribution is -2.46. The monoisotopic (exact) mass is 213 g/mol. The van der Waals surface area contributed by atoms with Crippen LogP contribution in [0.2, 0.25) is 0 Å². The van der Waals surface area contributed by atoms with E-state index in [1.54, 1.807) is 0 Å². The van der Waals surface area contributed by atoms with Crippen LogP contribution >= 0.6 is 0 Å². The summed E-state index contributed by atoms with van der Waals surface area (Å²) in [6.07, 6.45) is 0.536. The smallest absolute Gasteiger partial charge is 0.336 e. The molecule has 1 unspecified atom stereocenters. The Morgan fingerprint density at radius 1 is 1.67 bits per heavy atom. The van der Waals surface area contributed by atoms with Gasteiger partial charge in [-0.1, -0.05) is 19.1 Å². The van der Waals surface area contributed by atoms with Gasteiger partial charge in [-0.3, -0.25) is 4.90 Å². The van der Waals surface area contributed by atoms with Gasteiger partial charge in [0.15, 0.2) is 6.10 Å². The van der Waals surface area contributed by atoms with Gasteiger partial charge in [-0.05, 0) is 6.42 Å². The van der Waals surface area contributed by atoms with Gasteiger partial charge in [0.2, 0.25) is 0 Å². The van der Waals surface area contributed by atoms with Gasteiger partial charge < -0.3 is 9.47 Å². The third-order valence-corrected chi connectivity index (χ3v) is 2.56. The van der Waals surface area contributed by atoms with Crippen LogP contribution in [0.4, 0.5) is 0 Å². The Hall–Kier alpha value is -0.870. The van der Waals surface area contributed by atoms with Crippen molar-refractivity contribution in [1.82, 2.24) is 4.90 Å². The molecule has 1 heterocycles. The van der Waals surface area contributed by atoms with Crippen LogP contribution in [0.5, 0.6) is 0 Å². The molecule has 1 fully saturated rings. The summed E-state index contributed by atoms with van der Waals surface area (Å²) in [5.41, 5.74) is 1.18. The van der Waals surface area contributed by atoms with Crippen molar-refractivity contribution in [3.63, 3.8) is 0 Å². The van der Waals surface area contributed by atoms with Gasteiger partial charge >= 0.3 is 5.97 Å². The van der Waals surface area contributed by atoms with E-state index >= 15 is 0 Å². The quantitative estimate of drug-likeness (QED) is 0.512. The van der Waals surface area contributed by atoms with Crippen molar-refractivity contribution in [3.8, 4) is 0 Å². The second-order valence-corrected chi connectivity index (χ2v) is 3.72. The largest absolute Gasteiger partial charge is 0.467 e. The summed E-state index contributed by atoms with van der Waals surface area (Å²) < 4.78 is 9.99. The molecule has 1 saturated heterocycles. The zero-order chi connectivity index (χ0) is 11.3. The van der Waals surface area contributed by atoms with E-state index in [1.165, 1.54) is 12.7 Å². The number of nitrogens with zero attached hydrogens (tertiary/aromatic N) is 1. The lowest BCUT2D eigenvalue weighted by atomic mass is 10.2. The summed E-state index contributed by atoms with van der Waals surface area (Å²) in [7, 11) is 1.38. The van der Waals surface area contributed by atoms with Gasteiger partial charge in [0.25, 0.3) is 0 Å². The predicted molar refractivity (Wildman–Crippen MR) is 57.6 cm³/mol. The fourth-order valence-corrected chi connectivity index (χ4v) is 1.55. The van der Waals surface area contributed by atoms with Crippen LogP contribution in [-0.4, -0.2) is 50.3 Å². The molecule has 1 rings (SSSR count). The summed E-state index contributed by atoms with van der Waals surface area (Å²) in [5.74, 6) is -0.290. The van der Waals surface area contributed by atoms with Gasteiger partial charge in [-0.15, -0.1) is 0 Å². The van der Waals surface area contributed by atoms with E-state index in [-0.39, 0.29) is 5.97 Å². The van der Waals surface area contributed by atoms with E-state index in [9.17, 15) is 4.79 Å². The first-order valence-corrected chi connectivity index (χ1v) is 5.25. The van der Waals surface area contributed by atoms with Crippen molar-refractivity contribution >= 4 is 5.97 Å². The zero-order valence-electron chi connectivity index (χ0n) is 9.49. The maximum absolute atomic E-state index is 11.3. The summed E-state index contributed by atoms with van der Waals surface area (Å²) in [5, 5.41) is 0. The lowest BCUT2D eigenvalue weighted by Gasteiger charge is -2.31. The van der Waals surface area contributed by atoms with Crippen LogP contribution in [0.1, 0.15) is 13.3 Å². The van der Waals surface area contributed by atoms with E-state index in [1.807, 2.05) is 0 Å². The number of morpholine rings is 1. The summed E-state index contributed by atoms with van der Waals surface area (Å²) >= 11 is 0. The number of esters is 1. The van der Waals surface area contributed by atoms with E-state index in [0.717, 1.165) is 19.5 Å². The van der Waals surface area contributed by atoms with E-state index in [4.69, 9.17) is 4.74 Å². The Morgan fingerprint density at radius 3 is 3.00 bits per heavy atom. The molecule has 4 nitrogen and oxygen atoms in total. The third kappa shape index (κ3) is 3.64. The van der Waals surface area contributed by atoms with Crippen molar-refractivity contribution in [2.24, 2.45) is 0 Å². The minimum Gasteiger partial charge on any atom is -0.467 e.